The zero-order valence-electron chi connectivity index (χ0n) is 8.93. The number of rotatable bonds is 2. The summed E-state index contributed by atoms with van der Waals surface area (Å²) in [6.07, 6.45) is 1.89. The zero-order valence-corrected chi connectivity index (χ0v) is 9.69. The van der Waals surface area contributed by atoms with Crippen molar-refractivity contribution in [3.63, 3.8) is 0 Å². The molecule has 2 rings (SSSR count). The second-order valence-electron chi connectivity index (χ2n) is 4.47. The smallest absolute Gasteiger partial charge is 0.168 e. The number of alkyl halides is 1. The summed E-state index contributed by atoms with van der Waals surface area (Å²) >= 11 is 6.11. The molecular formula is C10H19ClN2O2. The first-order valence-electron chi connectivity index (χ1n) is 5.65. The fourth-order valence-corrected chi connectivity index (χ4v) is 3.06. The van der Waals surface area contributed by atoms with Crippen molar-refractivity contribution in [3.8, 4) is 0 Å². The van der Waals surface area contributed by atoms with Crippen molar-refractivity contribution in [2.45, 2.75) is 56.1 Å². The minimum atomic E-state index is -1.28. The third kappa shape index (κ3) is 2.15. The van der Waals surface area contributed by atoms with Crippen LogP contribution in [0, 0.1) is 0 Å². The number of piperidine rings is 1. The maximum Gasteiger partial charge on any atom is 0.168 e. The van der Waals surface area contributed by atoms with Crippen molar-refractivity contribution in [2.24, 2.45) is 0 Å². The van der Waals surface area contributed by atoms with E-state index in [4.69, 9.17) is 11.6 Å². The first-order valence-corrected chi connectivity index (χ1v) is 6.09. The molecule has 0 aromatic heterocycles. The lowest BCUT2D eigenvalue weighted by molar-refractivity contribution is -0.101. The van der Waals surface area contributed by atoms with Crippen LogP contribution in [0.3, 0.4) is 0 Å². The third-order valence-corrected chi connectivity index (χ3v) is 3.87. The number of hydrogen-bond acceptors (Lipinski definition) is 4. The molecule has 0 aromatic rings. The Morgan fingerprint density at radius 2 is 2.20 bits per heavy atom. The summed E-state index contributed by atoms with van der Waals surface area (Å²) in [5.41, 5.74) is 0. The maximum atomic E-state index is 9.41. The molecule has 0 aromatic carbocycles. The number of nitrogens with one attached hydrogen (secondary N) is 1. The Morgan fingerprint density at radius 3 is 2.80 bits per heavy atom. The van der Waals surface area contributed by atoms with Crippen molar-refractivity contribution in [1.29, 1.82) is 0 Å². The number of fused-ring (bicyclic) bond motifs is 1. The molecule has 2 fully saturated rings. The summed E-state index contributed by atoms with van der Waals surface area (Å²) in [6, 6.07) is -0.0430. The lowest BCUT2D eigenvalue weighted by Crippen LogP contribution is -2.50. The molecule has 4 nitrogen and oxygen atoms in total. The molecule has 2 aliphatic heterocycles. The first-order chi connectivity index (χ1) is 7.13. The van der Waals surface area contributed by atoms with Crippen LogP contribution >= 0.6 is 11.6 Å². The Kier molecular flexibility index (Phi) is 3.52. The van der Waals surface area contributed by atoms with Gasteiger partial charge in [-0.25, -0.2) is 0 Å². The van der Waals surface area contributed by atoms with Gasteiger partial charge in [0.25, 0.3) is 0 Å². The second kappa shape index (κ2) is 4.55. The van der Waals surface area contributed by atoms with Crippen molar-refractivity contribution in [2.75, 3.05) is 6.54 Å². The number of nitrogens with zero attached hydrogens (tertiary/aromatic N) is 1. The fourth-order valence-electron chi connectivity index (χ4n) is 2.78. The highest BCUT2D eigenvalue weighted by atomic mass is 35.5. The summed E-state index contributed by atoms with van der Waals surface area (Å²) in [5.74, 6) is 0. The normalized spacial score (nSPS) is 42.2. The van der Waals surface area contributed by atoms with Gasteiger partial charge in [-0.1, -0.05) is 6.92 Å². The second-order valence-corrected chi connectivity index (χ2v) is 5.09. The van der Waals surface area contributed by atoms with Gasteiger partial charge in [0.2, 0.25) is 0 Å². The van der Waals surface area contributed by atoms with Gasteiger partial charge in [0, 0.05) is 18.0 Å². The van der Waals surface area contributed by atoms with Gasteiger partial charge in [-0.2, -0.15) is 0 Å². The van der Waals surface area contributed by atoms with Gasteiger partial charge in [0.1, 0.15) is 0 Å². The fraction of sp³-hybridized carbons (Fsp3) is 1.00. The Morgan fingerprint density at radius 1 is 1.47 bits per heavy atom. The van der Waals surface area contributed by atoms with Crippen molar-refractivity contribution in [1.82, 2.24) is 10.2 Å². The minimum absolute atomic E-state index is 0.139. The molecule has 2 saturated heterocycles. The summed E-state index contributed by atoms with van der Waals surface area (Å²) in [7, 11) is 0. The summed E-state index contributed by atoms with van der Waals surface area (Å²) < 4.78 is 0. The van der Waals surface area contributed by atoms with Crippen LogP contribution in [0.25, 0.3) is 0 Å². The molecule has 5 heteroatoms. The lowest BCUT2D eigenvalue weighted by Gasteiger charge is -2.36. The topological polar surface area (TPSA) is 55.7 Å². The molecule has 0 bridgehead atoms. The van der Waals surface area contributed by atoms with E-state index >= 15 is 0 Å². The van der Waals surface area contributed by atoms with E-state index in [0.29, 0.717) is 0 Å². The van der Waals surface area contributed by atoms with Gasteiger partial charge in [-0.15, -0.1) is 11.6 Å². The van der Waals surface area contributed by atoms with E-state index in [0.717, 1.165) is 25.8 Å². The minimum Gasteiger partial charge on any atom is -0.367 e. The zero-order chi connectivity index (χ0) is 11.0. The number of aliphatic hydroxyl groups excluding tert-OH is 1. The largest absolute Gasteiger partial charge is 0.367 e. The maximum absolute atomic E-state index is 9.41. The van der Waals surface area contributed by atoms with E-state index in [1.54, 1.807) is 0 Å². The Hall–Kier alpha value is 0.130. The van der Waals surface area contributed by atoms with Gasteiger partial charge in [0.15, 0.2) is 6.29 Å². The molecule has 0 spiro atoms. The van der Waals surface area contributed by atoms with E-state index in [9.17, 15) is 10.2 Å². The van der Waals surface area contributed by atoms with E-state index < -0.39 is 6.29 Å². The predicted octanol–water partition coefficient (Wildman–Crippen LogP) is 0.0768. The van der Waals surface area contributed by atoms with Crippen LogP contribution in [0.5, 0.6) is 0 Å². The van der Waals surface area contributed by atoms with Crippen molar-refractivity contribution >= 4 is 11.6 Å². The van der Waals surface area contributed by atoms with Gasteiger partial charge in [-0.3, -0.25) is 10.2 Å². The predicted molar refractivity (Wildman–Crippen MR) is 58.6 cm³/mol. The van der Waals surface area contributed by atoms with E-state index in [-0.39, 0.29) is 23.6 Å². The van der Waals surface area contributed by atoms with Crippen molar-refractivity contribution < 1.29 is 10.2 Å². The number of aliphatic hydroxyl groups is 2. The average Bonchev–Trinajstić information content (AvgIpc) is 2.55. The van der Waals surface area contributed by atoms with Crippen molar-refractivity contribution in [3.05, 3.63) is 0 Å². The quantitative estimate of drug-likeness (QED) is 0.468. The first kappa shape index (κ1) is 11.6. The van der Waals surface area contributed by atoms with Crippen LogP contribution in [0.2, 0.25) is 0 Å². The Labute approximate surface area is 95.2 Å². The van der Waals surface area contributed by atoms with Crippen LogP contribution in [0.1, 0.15) is 26.2 Å². The standard InChI is InChI=1S/C10H19ClN2O2/c1-2-7-9(10(14)15)13-5-6(11)3-4-8(13)12-7/h6-10,12,14-15H,2-5H2,1H3. The summed E-state index contributed by atoms with van der Waals surface area (Å²) in [6.45, 7) is 2.81. The van der Waals surface area contributed by atoms with E-state index in [1.165, 1.54) is 0 Å². The molecule has 2 aliphatic rings. The highest BCUT2D eigenvalue weighted by Gasteiger charge is 2.45. The molecule has 0 saturated carbocycles. The summed E-state index contributed by atoms with van der Waals surface area (Å²) in [5, 5.41) is 22.4. The third-order valence-electron chi connectivity index (χ3n) is 3.51. The number of halogens is 1. The van der Waals surface area contributed by atoms with Crippen LogP contribution in [0.15, 0.2) is 0 Å². The molecule has 3 N–H and O–H groups in total. The van der Waals surface area contributed by atoms with Crippen LogP contribution in [0.4, 0.5) is 0 Å². The monoisotopic (exact) mass is 234 g/mol. The SMILES string of the molecule is CCC1NC2CCC(Cl)CN2C1C(O)O. The molecule has 2 heterocycles. The van der Waals surface area contributed by atoms with E-state index in [1.807, 2.05) is 0 Å². The molecular weight excluding hydrogens is 216 g/mol. The van der Waals surface area contributed by atoms with Gasteiger partial charge in [-0.05, 0) is 19.3 Å². The molecule has 4 unspecified atom stereocenters. The molecule has 0 aliphatic carbocycles. The molecule has 0 amide bonds. The Bertz CT molecular complexity index is 227. The van der Waals surface area contributed by atoms with Gasteiger partial charge in [0.05, 0.1) is 12.2 Å². The molecule has 88 valence electrons. The molecule has 4 atom stereocenters. The van der Waals surface area contributed by atoms with Gasteiger partial charge < -0.3 is 10.2 Å². The molecule has 15 heavy (non-hydrogen) atoms. The Balaban J connectivity index is 2.11. The summed E-state index contributed by atoms with van der Waals surface area (Å²) in [4.78, 5) is 2.11. The number of hydrogen-bond donors (Lipinski definition) is 3. The van der Waals surface area contributed by atoms with Crippen LogP contribution < -0.4 is 5.32 Å². The van der Waals surface area contributed by atoms with Gasteiger partial charge >= 0.3 is 0 Å². The molecule has 0 radical (unpaired) electrons. The van der Waals surface area contributed by atoms with E-state index in [2.05, 4.69) is 17.1 Å². The van der Waals surface area contributed by atoms with Crippen LogP contribution in [-0.2, 0) is 0 Å². The highest BCUT2D eigenvalue weighted by Crippen LogP contribution is 2.30. The average molecular weight is 235 g/mol. The lowest BCUT2D eigenvalue weighted by atomic mass is 10.0. The van der Waals surface area contributed by atoms with Crippen LogP contribution in [-0.4, -0.2) is 51.6 Å². The highest BCUT2D eigenvalue weighted by molar-refractivity contribution is 6.20.